The maximum Gasteiger partial charge on any atom is 0.255 e. The minimum Gasteiger partial charge on any atom is -0.354 e. The molecule has 0 unspecified atom stereocenters. The van der Waals surface area contributed by atoms with E-state index in [1.54, 1.807) is 18.5 Å². The van der Waals surface area contributed by atoms with Crippen LogP contribution in [0.3, 0.4) is 0 Å². The van der Waals surface area contributed by atoms with E-state index in [1.165, 1.54) is 0 Å². The molecule has 3 rings (SSSR count). The Bertz CT molecular complexity index is 534. The third kappa shape index (κ3) is 2.14. The predicted molar refractivity (Wildman–Crippen MR) is 72.5 cm³/mol. The molecule has 19 heavy (non-hydrogen) atoms. The molecule has 2 aliphatic rings. The van der Waals surface area contributed by atoms with Gasteiger partial charge in [-0.3, -0.25) is 14.6 Å². The number of hydrogen-bond donors (Lipinski definition) is 1. The second-order valence-electron chi connectivity index (χ2n) is 4.92. The minimum atomic E-state index is -0.0432. The highest BCUT2D eigenvalue weighted by molar-refractivity contribution is 9.10. The van der Waals surface area contributed by atoms with Gasteiger partial charge in [0.15, 0.2) is 0 Å². The Morgan fingerprint density at radius 3 is 3.16 bits per heavy atom. The molecule has 2 aliphatic heterocycles. The monoisotopic (exact) mass is 323 g/mol. The number of amides is 2. The van der Waals surface area contributed by atoms with Crippen molar-refractivity contribution in [3.63, 3.8) is 0 Å². The summed E-state index contributed by atoms with van der Waals surface area (Å²) in [6.45, 7) is 1.28. The number of rotatable bonds is 1. The van der Waals surface area contributed by atoms with Gasteiger partial charge in [-0.05, 0) is 34.8 Å². The number of pyridine rings is 1. The first-order chi connectivity index (χ1) is 9.18. The molecule has 0 radical (unpaired) electrons. The smallest absolute Gasteiger partial charge is 0.255 e. The number of hydrogen-bond acceptors (Lipinski definition) is 3. The first-order valence-electron chi connectivity index (χ1n) is 6.36. The van der Waals surface area contributed by atoms with E-state index >= 15 is 0 Å². The van der Waals surface area contributed by atoms with Gasteiger partial charge in [-0.1, -0.05) is 0 Å². The van der Waals surface area contributed by atoms with Gasteiger partial charge >= 0.3 is 0 Å². The first-order valence-corrected chi connectivity index (χ1v) is 7.16. The molecule has 1 N–H and O–H groups in total. The van der Waals surface area contributed by atoms with E-state index in [9.17, 15) is 9.59 Å². The molecule has 0 spiro atoms. The second kappa shape index (κ2) is 4.92. The SMILES string of the molecule is O=C1NC[C@@H]2[C@H]1CCCN2C(=O)c1ccncc1Br. The lowest BCUT2D eigenvalue weighted by Crippen LogP contribution is -2.48. The van der Waals surface area contributed by atoms with E-state index in [2.05, 4.69) is 26.2 Å². The van der Waals surface area contributed by atoms with E-state index in [4.69, 9.17) is 0 Å². The first kappa shape index (κ1) is 12.6. The van der Waals surface area contributed by atoms with Crippen LogP contribution in [0, 0.1) is 5.92 Å². The average Bonchev–Trinajstić information content (AvgIpc) is 2.80. The quantitative estimate of drug-likeness (QED) is 0.844. The summed E-state index contributed by atoms with van der Waals surface area (Å²) in [7, 11) is 0. The van der Waals surface area contributed by atoms with Crippen LogP contribution in [-0.4, -0.2) is 40.8 Å². The molecule has 2 fully saturated rings. The van der Waals surface area contributed by atoms with Crippen LogP contribution in [0.1, 0.15) is 23.2 Å². The average molecular weight is 324 g/mol. The molecular formula is C13H14BrN3O2. The van der Waals surface area contributed by atoms with Gasteiger partial charge in [0.2, 0.25) is 5.91 Å². The molecule has 0 aliphatic carbocycles. The Morgan fingerprint density at radius 1 is 1.53 bits per heavy atom. The van der Waals surface area contributed by atoms with Crippen LogP contribution in [0.25, 0.3) is 0 Å². The van der Waals surface area contributed by atoms with E-state index < -0.39 is 0 Å². The Labute approximate surface area is 119 Å². The van der Waals surface area contributed by atoms with Gasteiger partial charge in [-0.15, -0.1) is 0 Å². The van der Waals surface area contributed by atoms with Crippen LogP contribution < -0.4 is 5.32 Å². The summed E-state index contributed by atoms with van der Waals surface area (Å²) in [5, 5.41) is 2.86. The maximum atomic E-state index is 12.6. The van der Waals surface area contributed by atoms with Gasteiger partial charge in [0.1, 0.15) is 0 Å². The summed E-state index contributed by atoms with van der Waals surface area (Å²) in [5.74, 6) is 0.00933. The Morgan fingerprint density at radius 2 is 2.37 bits per heavy atom. The number of likely N-dealkylation sites (tertiary alicyclic amines) is 1. The molecule has 1 aromatic rings. The molecule has 2 atom stereocenters. The molecule has 3 heterocycles. The van der Waals surface area contributed by atoms with Crippen molar-refractivity contribution in [1.29, 1.82) is 0 Å². The summed E-state index contributed by atoms with van der Waals surface area (Å²) >= 11 is 3.36. The van der Waals surface area contributed by atoms with Gasteiger partial charge < -0.3 is 10.2 Å². The Balaban J connectivity index is 1.87. The van der Waals surface area contributed by atoms with Gasteiger partial charge in [0.25, 0.3) is 5.91 Å². The lowest BCUT2D eigenvalue weighted by atomic mass is 9.91. The van der Waals surface area contributed by atoms with Crippen molar-refractivity contribution < 1.29 is 9.59 Å². The second-order valence-corrected chi connectivity index (χ2v) is 5.77. The summed E-state index contributed by atoms with van der Waals surface area (Å²) < 4.78 is 0.694. The number of fused-ring (bicyclic) bond motifs is 1. The summed E-state index contributed by atoms with van der Waals surface area (Å²) in [4.78, 5) is 30.1. The molecule has 5 nitrogen and oxygen atoms in total. The molecule has 0 aromatic carbocycles. The zero-order valence-electron chi connectivity index (χ0n) is 10.3. The van der Waals surface area contributed by atoms with E-state index in [-0.39, 0.29) is 23.8 Å². The van der Waals surface area contributed by atoms with Gasteiger partial charge in [-0.25, -0.2) is 0 Å². The number of carbonyl (C=O) groups excluding carboxylic acids is 2. The standard InChI is InChI=1S/C13H14BrN3O2/c14-10-6-15-4-3-8(10)13(19)17-5-1-2-9-11(17)7-16-12(9)18/h3-4,6,9,11H,1-2,5,7H2,(H,16,18)/t9-,11-/m1/s1. The molecular weight excluding hydrogens is 310 g/mol. The fraction of sp³-hybridized carbons (Fsp3) is 0.462. The fourth-order valence-electron chi connectivity index (χ4n) is 2.91. The highest BCUT2D eigenvalue weighted by Gasteiger charge is 2.42. The minimum absolute atomic E-state index is 0.00573. The molecule has 1 aromatic heterocycles. The van der Waals surface area contributed by atoms with Gasteiger partial charge in [0.05, 0.1) is 17.5 Å². The molecule has 0 bridgehead atoms. The zero-order chi connectivity index (χ0) is 13.4. The number of aromatic nitrogens is 1. The predicted octanol–water partition coefficient (Wildman–Crippen LogP) is 1.19. The molecule has 6 heteroatoms. The van der Waals surface area contributed by atoms with Crippen molar-refractivity contribution in [2.75, 3.05) is 13.1 Å². The van der Waals surface area contributed by atoms with Crippen LogP contribution in [0.2, 0.25) is 0 Å². The van der Waals surface area contributed by atoms with Crippen LogP contribution in [0.5, 0.6) is 0 Å². The van der Waals surface area contributed by atoms with E-state index in [0.717, 1.165) is 12.8 Å². The van der Waals surface area contributed by atoms with Crippen LogP contribution in [0.4, 0.5) is 0 Å². The van der Waals surface area contributed by atoms with E-state index in [1.807, 2.05) is 4.90 Å². The lowest BCUT2D eigenvalue weighted by Gasteiger charge is -2.36. The number of piperidine rings is 1. The zero-order valence-corrected chi connectivity index (χ0v) is 11.9. The van der Waals surface area contributed by atoms with Crippen molar-refractivity contribution in [2.45, 2.75) is 18.9 Å². The maximum absolute atomic E-state index is 12.6. The number of carbonyl (C=O) groups is 2. The third-order valence-electron chi connectivity index (χ3n) is 3.86. The van der Waals surface area contributed by atoms with Crippen molar-refractivity contribution in [3.05, 3.63) is 28.5 Å². The van der Waals surface area contributed by atoms with Gasteiger partial charge in [-0.2, -0.15) is 0 Å². The number of nitrogens with zero attached hydrogens (tertiary/aromatic N) is 2. The Hall–Kier alpha value is -1.43. The molecule has 2 amide bonds. The van der Waals surface area contributed by atoms with Gasteiger partial charge in [0, 0.05) is 30.0 Å². The fourth-order valence-corrected chi connectivity index (χ4v) is 3.33. The normalized spacial score (nSPS) is 25.9. The van der Waals surface area contributed by atoms with E-state index in [0.29, 0.717) is 23.1 Å². The third-order valence-corrected chi connectivity index (χ3v) is 4.50. The molecule has 100 valence electrons. The lowest BCUT2D eigenvalue weighted by molar-refractivity contribution is -0.123. The summed E-state index contributed by atoms with van der Waals surface area (Å²) in [6.07, 6.45) is 4.98. The summed E-state index contributed by atoms with van der Waals surface area (Å²) in [6, 6.07) is 1.70. The van der Waals surface area contributed by atoms with Crippen LogP contribution in [-0.2, 0) is 4.79 Å². The van der Waals surface area contributed by atoms with Crippen LogP contribution in [0.15, 0.2) is 22.9 Å². The molecule has 2 saturated heterocycles. The topological polar surface area (TPSA) is 62.3 Å². The molecule has 0 saturated carbocycles. The number of halogens is 1. The highest BCUT2D eigenvalue weighted by Crippen LogP contribution is 2.29. The highest BCUT2D eigenvalue weighted by atomic mass is 79.9. The number of nitrogens with one attached hydrogen (secondary N) is 1. The van der Waals surface area contributed by atoms with Crippen molar-refractivity contribution >= 4 is 27.7 Å². The van der Waals surface area contributed by atoms with Crippen molar-refractivity contribution in [1.82, 2.24) is 15.2 Å². The van der Waals surface area contributed by atoms with Crippen LogP contribution >= 0.6 is 15.9 Å². The largest absolute Gasteiger partial charge is 0.354 e. The van der Waals surface area contributed by atoms with Crippen molar-refractivity contribution in [3.8, 4) is 0 Å². The summed E-state index contributed by atoms with van der Waals surface area (Å²) in [5.41, 5.74) is 0.606. The Kier molecular flexibility index (Phi) is 3.26. The van der Waals surface area contributed by atoms with Crippen molar-refractivity contribution in [2.24, 2.45) is 5.92 Å².